The van der Waals surface area contributed by atoms with Crippen LogP contribution in [0.15, 0.2) is 18.6 Å². The molecule has 1 aromatic rings. The van der Waals surface area contributed by atoms with Crippen LogP contribution in [0.2, 0.25) is 0 Å². The third-order valence-corrected chi connectivity index (χ3v) is 2.87. The molecule has 1 aliphatic heterocycles. The molecule has 1 saturated heterocycles. The van der Waals surface area contributed by atoms with Crippen LogP contribution in [0.4, 0.5) is 0 Å². The van der Waals surface area contributed by atoms with Crippen molar-refractivity contribution in [1.29, 1.82) is 0 Å². The first kappa shape index (κ1) is 10.1. The van der Waals surface area contributed by atoms with Gasteiger partial charge in [-0.1, -0.05) is 6.92 Å². The first-order valence-electron chi connectivity index (χ1n) is 5.32. The zero-order valence-electron chi connectivity index (χ0n) is 8.89. The molecule has 1 amide bonds. The summed E-state index contributed by atoms with van der Waals surface area (Å²) < 4.78 is 0. The van der Waals surface area contributed by atoms with E-state index in [9.17, 15) is 4.79 Å². The summed E-state index contributed by atoms with van der Waals surface area (Å²) >= 11 is 0. The van der Waals surface area contributed by atoms with E-state index >= 15 is 0 Å². The van der Waals surface area contributed by atoms with E-state index in [4.69, 9.17) is 0 Å². The largest absolute Gasteiger partial charge is 0.337 e. The predicted octanol–water partition coefficient (Wildman–Crippen LogP) is 1.35. The third kappa shape index (κ3) is 2.32. The van der Waals surface area contributed by atoms with Crippen LogP contribution in [-0.4, -0.2) is 33.9 Å². The van der Waals surface area contributed by atoms with E-state index in [2.05, 4.69) is 16.9 Å². The molecule has 0 spiro atoms. The Bertz CT molecular complexity index is 331. The quantitative estimate of drug-likeness (QED) is 0.695. The van der Waals surface area contributed by atoms with E-state index in [1.807, 2.05) is 4.90 Å². The number of hydrogen-bond acceptors (Lipinski definition) is 3. The van der Waals surface area contributed by atoms with Gasteiger partial charge in [-0.05, 0) is 24.8 Å². The normalized spacial score (nSPS) is 17.8. The summed E-state index contributed by atoms with van der Waals surface area (Å²) in [5.41, 5.74) is 0.500. The Balaban J connectivity index is 2.03. The van der Waals surface area contributed by atoms with Crippen molar-refractivity contribution in [2.24, 2.45) is 5.92 Å². The monoisotopic (exact) mass is 205 g/mol. The van der Waals surface area contributed by atoms with E-state index in [0.29, 0.717) is 5.69 Å². The standard InChI is InChI=1S/C11H15N3O/c1-9-3-6-14(7-4-9)11(15)10-2-5-12-8-13-10/h2,5,8-9H,3-4,6-7H2,1H3. The summed E-state index contributed by atoms with van der Waals surface area (Å²) in [6.07, 6.45) is 5.21. The van der Waals surface area contributed by atoms with E-state index in [-0.39, 0.29) is 5.91 Å². The number of rotatable bonds is 1. The van der Waals surface area contributed by atoms with Crippen LogP contribution >= 0.6 is 0 Å². The minimum absolute atomic E-state index is 0.0318. The molecule has 4 nitrogen and oxygen atoms in total. The number of amides is 1. The van der Waals surface area contributed by atoms with E-state index in [0.717, 1.165) is 31.8 Å². The number of carbonyl (C=O) groups is 1. The van der Waals surface area contributed by atoms with Crippen molar-refractivity contribution >= 4 is 5.91 Å². The Labute approximate surface area is 89.3 Å². The lowest BCUT2D eigenvalue weighted by Crippen LogP contribution is -2.38. The fourth-order valence-electron chi connectivity index (χ4n) is 1.79. The Morgan fingerprint density at radius 2 is 2.20 bits per heavy atom. The van der Waals surface area contributed by atoms with Gasteiger partial charge in [-0.15, -0.1) is 0 Å². The zero-order valence-corrected chi connectivity index (χ0v) is 8.89. The summed E-state index contributed by atoms with van der Waals surface area (Å²) in [6.45, 7) is 3.93. The first-order valence-corrected chi connectivity index (χ1v) is 5.32. The molecule has 1 aromatic heterocycles. The maximum atomic E-state index is 11.9. The van der Waals surface area contributed by atoms with Gasteiger partial charge in [0.1, 0.15) is 12.0 Å². The van der Waals surface area contributed by atoms with Gasteiger partial charge < -0.3 is 4.90 Å². The van der Waals surface area contributed by atoms with Crippen LogP contribution in [-0.2, 0) is 0 Å². The minimum atomic E-state index is 0.0318. The van der Waals surface area contributed by atoms with Gasteiger partial charge in [-0.25, -0.2) is 9.97 Å². The molecule has 1 aliphatic rings. The average molecular weight is 205 g/mol. The molecule has 2 heterocycles. The topological polar surface area (TPSA) is 46.1 Å². The number of likely N-dealkylation sites (tertiary alicyclic amines) is 1. The lowest BCUT2D eigenvalue weighted by Gasteiger charge is -2.29. The molecule has 1 fully saturated rings. The van der Waals surface area contributed by atoms with Crippen molar-refractivity contribution < 1.29 is 4.79 Å². The molecule has 2 rings (SSSR count). The number of carbonyl (C=O) groups excluding carboxylic acids is 1. The van der Waals surface area contributed by atoms with Crippen LogP contribution in [0, 0.1) is 5.92 Å². The zero-order chi connectivity index (χ0) is 10.7. The molecule has 0 N–H and O–H groups in total. The molecule has 4 heteroatoms. The Kier molecular flexibility index (Phi) is 2.94. The highest BCUT2D eigenvalue weighted by Gasteiger charge is 2.21. The molecular weight excluding hydrogens is 190 g/mol. The number of piperidine rings is 1. The number of aromatic nitrogens is 2. The van der Waals surface area contributed by atoms with Crippen molar-refractivity contribution in [3.05, 3.63) is 24.3 Å². The molecule has 0 atom stereocenters. The highest BCUT2D eigenvalue weighted by Crippen LogP contribution is 2.17. The van der Waals surface area contributed by atoms with Crippen LogP contribution in [0.5, 0.6) is 0 Å². The molecular formula is C11H15N3O. The Morgan fingerprint density at radius 3 is 2.80 bits per heavy atom. The van der Waals surface area contributed by atoms with Crippen molar-refractivity contribution in [2.45, 2.75) is 19.8 Å². The molecule has 15 heavy (non-hydrogen) atoms. The molecule has 0 radical (unpaired) electrons. The summed E-state index contributed by atoms with van der Waals surface area (Å²) in [5.74, 6) is 0.767. The molecule has 0 bridgehead atoms. The van der Waals surface area contributed by atoms with Gasteiger partial charge in [-0.2, -0.15) is 0 Å². The highest BCUT2D eigenvalue weighted by atomic mass is 16.2. The first-order chi connectivity index (χ1) is 7.27. The highest BCUT2D eigenvalue weighted by molar-refractivity contribution is 5.92. The van der Waals surface area contributed by atoms with Crippen molar-refractivity contribution in [3.8, 4) is 0 Å². The van der Waals surface area contributed by atoms with Crippen LogP contribution in [0.1, 0.15) is 30.3 Å². The van der Waals surface area contributed by atoms with Gasteiger partial charge in [0.25, 0.3) is 5.91 Å². The molecule has 0 aromatic carbocycles. The van der Waals surface area contributed by atoms with Gasteiger partial charge in [0.2, 0.25) is 0 Å². The number of nitrogens with zero attached hydrogens (tertiary/aromatic N) is 3. The number of hydrogen-bond donors (Lipinski definition) is 0. The molecule has 0 aliphatic carbocycles. The summed E-state index contributed by atoms with van der Waals surface area (Å²) in [7, 11) is 0. The Hall–Kier alpha value is -1.45. The van der Waals surface area contributed by atoms with Gasteiger partial charge in [0.05, 0.1) is 0 Å². The summed E-state index contributed by atoms with van der Waals surface area (Å²) in [5, 5.41) is 0. The molecule has 80 valence electrons. The van der Waals surface area contributed by atoms with Gasteiger partial charge in [0, 0.05) is 19.3 Å². The van der Waals surface area contributed by atoms with Gasteiger partial charge in [-0.3, -0.25) is 4.79 Å². The smallest absolute Gasteiger partial charge is 0.272 e. The lowest BCUT2D eigenvalue weighted by atomic mass is 9.99. The molecule has 0 unspecified atom stereocenters. The van der Waals surface area contributed by atoms with Gasteiger partial charge in [0.15, 0.2) is 0 Å². The second-order valence-corrected chi connectivity index (χ2v) is 4.07. The predicted molar refractivity (Wildman–Crippen MR) is 56.3 cm³/mol. The lowest BCUT2D eigenvalue weighted by molar-refractivity contribution is 0.0691. The van der Waals surface area contributed by atoms with Crippen LogP contribution in [0.3, 0.4) is 0 Å². The SMILES string of the molecule is CC1CCN(C(=O)c2ccncn2)CC1. The van der Waals surface area contributed by atoms with Crippen LogP contribution < -0.4 is 0 Å². The van der Waals surface area contributed by atoms with E-state index in [1.165, 1.54) is 6.33 Å². The van der Waals surface area contributed by atoms with Crippen molar-refractivity contribution in [2.75, 3.05) is 13.1 Å². The summed E-state index contributed by atoms with van der Waals surface area (Å²) in [4.78, 5) is 21.6. The maximum absolute atomic E-state index is 11.9. The van der Waals surface area contributed by atoms with Crippen molar-refractivity contribution in [3.63, 3.8) is 0 Å². The third-order valence-electron chi connectivity index (χ3n) is 2.87. The van der Waals surface area contributed by atoms with E-state index < -0.39 is 0 Å². The second-order valence-electron chi connectivity index (χ2n) is 4.07. The fourth-order valence-corrected chi connectivity index (χ4v) is 1.79. The van der Waals surface area contributed by atoms with Crippen LogP contribution in [0.25, 0.3) is 0 Å². The maximum Gasteiger partial charge on any atom is 0.272 e. The Morgan fingerprint density at radius 1 is 1.47 bits per heavy atom. The second kappa shape index (κ2) is 4.38. The van der Waals surface area contributed by atoms with Gasteiger partial charge >= 0.3 is 0 Å². The molecule has 0 saturated carbocycles. The summed E-state index contributed by atoms with van der Waals surface area (Å²) in [6, 6.07) is 1.67. The van der Waals surface area contributed by atoms with Crippen molar-refractivity contribution in [1.82, 2.24) is 14.9 Å². The fraction of sp³-hybridized carbons (Fsp3) is 0.545. The van der Waals surface area contributed by atoms with E-state index in [1.54, 1.807) is 12.3 Å². The average Bonchev–Trinajstić information content (AvgIpc) is 2.30. The minimum Gasteiger partial charge on any atom is -0.337 e.